The maximum absolute atomic E-state index is 12.4. The third-order valence-electron chi connectivity index (χ3n) is 4.87. The minimum Gasteiger partial charge on any atom is -0.410 e. The van der Waals surface area contributed by atoms with Crippen molar-refractivity contribution >= 4 is 17.5 Å². The lowest BCUT2D eigenvalue weighted by atomic mass is 10.2. The van der Waals surface area contributed by atoms with Crippen LogP contribution in [0, 0.1) is 10.1 Å². The summed E-state index contributed by atoms with van der Waals surface area (Å²) in [4.78, 5) is 28.1. The van der Waals surface area contributed by atoms with Crippen molar-refractivity contribution in [2.24, 2.45) is 0 Å². The van der Waals surface area contributed by atoms with E-state index in [4.69, 9.17) is 4.74 Å². The molecule has 10 nitrogen and oxygen atoms in total. The standard InChI is InChI=1S/C23H16F3N5O5/c1-29(22(32)35-19-10-8-18(9-11-19)31(33)34)16-4-2-15(3-5-16)21-27-14-30(28-21)17-6-12-20(13-7-17)36-23(24,25)26/h2-14H,1H3. The third kappa shape index (κ3) is 5.75. The molecule has 4 rings (SSSR count). The van der Waals surface area contributed by atoms with Crippen LogP contribution in [0.25, 0.3) is 17.1 Å². The van der Waals surface area contributed by atoms with Crippen LogP contribution in [0.1, 0.15) is 0 Å². The highest BCUT2D eigenvalue weighted by Crippen LogP contribution is 2.25. The van der Waals surface area contributed by atoms with E-state index in [0.29, 0.717) is 22.8 Å². The summed E-state index contributed by atoms with van der Waals surface area (Å²) in [7, 11) is 1.50. The number of hydrogen-bond donors (Lipinski definition) is 0. The normalized spacial score (nSPS) is 11.1. The van der Waals surface area contributed by atoms with Gasteiger partial charge < -0.3 is 9.47 Å². The van der Waals surface area contributed by atoms with Crippen LogP contribution in [0.3, 0.4) is 0 Å². The highest BCUT2D eigenvalue weighted by molar-refractivity contribution is 5.88. The van der Waals surface area contributed by atoms with Crippen molar-refractivity contribution in [2.45, 2.75) is 6.36 Å². The topological polar surface area (TPSA) is 113 Å². The van der Waals surface area contributed by atoms with Gasteiger partial charge in [0.2, 0.25) is 0 Å². The largest absolute Gasteiger partial charge is 0.573 e. The van der Waals surface area contributed by atoms with Gasteiger partial charge in [-0.3, -0.25) is 15.0 Å². The minimum atomic E-state index is -4.77. The Morgan fingerprint density at radius 2 is 1.58 bits per heavy atom. The number of nitro groups is 1. The fraction of sp³-hybridized carbons (Fsp3) is 0.0870. The zero-order valence-corrected chi connectivity index (χ0v) is 18.4. The predicted octanol–water partition coefficient (Wildman–Crippen LogP) is 5.38. The van der Waals surface area contributed by atoms with Gasteiger partial charge in [0.25, 0.3) is 5.69 Å². The number of anilines is 1. The summed E-state index contributed by atoms with van der Waals surface area (Å²) >= 11 is 0. The van der Waals surface area contributed by atoms with Crippen LogP contribution in [0.4, 0.5) is 29.3 Å². The molecule has 0 bridgehead atoms. The number of hydrogen-bond acceptors (Lipinski definition) is 7. The first-order valence-electron chi connectivity index (χ1n) is 10.2. The Bertz CT molecular complexity index is 1370. The van der Waals surface area contributed by atoms with E-state index in [-0.39, 0.29) is 17.2 Å². The van der Waals surface area contributed by atoms with Crippen molar-refractivity contribution in [1.82, 2.24) is 14.8 Å². The van der Waals surface area contributed by atoms with E-state index in [1.165, 1.54) is 71.5 Å². The molecule has 13 heteroatoms. The average Bonchev–Trinajstić information content (AvgIpc) is 3.34. The van der Waals surface area contributed by atoms with Crippen LogP contribution < -0.4 is 14.4 Å². The number of carbonyl (C=O) groups excluding carboxylic acids is 1. The van der Waals surface area contributed by atoms with Gasteiger partial charge in [-0.2, -0.15) is 0 Å². The number of rotatable bonds is 6. The van der Waals surface area contributed by atoms with Gasteiger partial charge in [-0.05, 0) is 60.7 Å². The summed E-state index contributed by atoms with van der Waals surface area (Å²) in [5.41, 5.74) is 1.49. The second-order valence-electron chi connectivity index (χ2n) is 7.28. The summed E-state index contributed by atoms with van der Waals surface area (Å²) in [6.45, 7) is 0. The van der Waals surface area contributed by atoms with E-state index in [1.807, 2.05) is 0 Å². The molecule has 0 saturated carbocycles. The predicted molar refractivity (Wildman–Crippen MR) is 121 cm³/mol. The Balaban J connectivity index is 1.41. The molecule has 0 radical (unpaired) electrons. The van der Waals surface area contributed by atoms with Gasteiger partial charge in [0, 0.05) is 30.4 Å². The van der Waals surface area contributed by atoms with E-state index in [0.717, 1.165) is 0 Å². The molecule has 0 aliphatic carbocycles. The summed E-state index contributed by atoms with van der Waals surface area (Å²) in [5, 5.41) is 15.1. The Hall–Kier alpha value is -4.94. The van der Waals surface area contributed by atoms with Gasteiger partial charge in [0.15, 0.2) is 5.82 Å². The van der Waals surface area contributed by atoms with Crippen LogP contribution in [-0.2, 0) is 0 Å². The fourth-order valence-corrected chi connectivity index (χ4v) is 3.06. The van der Waals surface area contributed by atoms with Crippen molar-refractivity contribution in [2.75, 3.05) is 11.9 Å². The smallest absolute Gasteiger partial charge is 0.410 e. The monoisotopic (exact) mass is 499 g/mol. The van der Waals surface area contributed by atoms with Crippen molar-refractivity contribution in [3.63, 3.8) is 0 Å². The quantitative estimate of drug-likeness (QED) is 0.259. The number of benzene rings is 3. The van der Waals surface area contributed by atoms with Crippen molar-refractivity contribution in [3.05, 3.63) is 89.2 Å². The van der Waals surface area contributed by atoms with Gasteiger partial charge in [-0.15, -0.1) is 18.3 Å². The van der Waals surface area contributed by atoms with Gasteiger partial charge in [-0.25, -0.2) is 14.5 Å². The Morgan fingerprint density at radius 3 is 2.17 bits per heavy atom. The van der Waals surface area contributed by atoms with Crippen LogP contribution in [0.15, 0.2) is 79.1 Å². The van der Waals surface area contributed by atoms with E-state index in [1.54, 1.807) is 24.3 Å². The lowest BCUT2D eigenvalue weighted by molar-refractivity contribution is -0.384. The molecule has 0 saturated heterocycles. The first-order valence-corrected chi connectivity index (χ1v) is 10.2. The number of non-ortho nitro benzene ring substituents is 1. The van der Waals surface area contributed by atoms with Gasteiger partial charge in [0.05, 0.1) is 10.6 Å². The van der Waals surface area contributed by atoms with Gasteiger partial charge in [0.1, 0.15) is 17.8 Å². The molecule has 1 amide bonds. The van der Waals surface area contributed by atoms with Crippen molar-refractivity contribution < 1.29 is 32.4 Å². The Kier molecular flexibility index (Phi) is 6.54. The molecule has 0 aliphatic heterocycles. The molecule has 36 heavy (non-hydrogen) atoms. The molecule has 0 N–H and O–H groups in total. The number of nitro benzene ring substituents is 1. The third-order valence-corrected chi connectivity index (χ3v) is 4.87. The lowest BCUT2D eigenvalue weighted by Crippen LogP contribution is -2.29. The molecular formula is C23H16F3N5O5. The first-order chi connectivity index (χ1) is 17.1. The molecular weight excluding hydrogens is 483 g/mol. The maximum atomic E-state index is 12.4. The van der Waals surface area contributed by atoms with Gasteiger partial charge >= 0.3 is 12.5 Å². The van der Waals surface area contributed by atoms with Crippen molar-refractivity contribution in [3.8, 4) is 28.6 Å². The molecule has 1 heterocycles. The number of carbonyl (C=O) groups is 1. The number of amides is 1. The molecule has 0 spiro atoms. The van der Waals surface area contributed by atoms with E-state index < -0.39 is 17.4 Å². The summed E-state index contributed by atoms with van der Waals surface area (Å²) in [6.07, 6.45) is -4.06. The number of nitrogens with zero attached hydrogens (tertiary/aromatic N) is 5. The molecule has 1 aromatic heterocycles. The average molecular weight is 499 g/mol. The minimum absolute atomic E-state index is 0.123. The molecule has 0 atom stereocenters. The van der Waals surface area contributed by atoms with Gasteiger partial charge in [-0.1, -0.05) is 0 Å². The van der Waals surface area contributed by atoms with Crippen LogP contribution in [-0.4, -0.2) is 39.2 Å². The number of ether oxygens (including phenoxy) is 2. The van der Waals surface area contributed by atoms with E-state index in [2.05, 4.69) is 14.8 Å². The highest BCUT2D eigenvalue weighted by atomic mass is 19.4. The molecule has 3 aromatic carbocycles. The summed E-state index contributed by atoms with van der Waals surface area (Å²) in [5.74, 6) is 0.161. The second-order valence-corrected chi connectivity index (χ2v) is 7.28. The molecule has 0 aliphatic rings. The van der Waals surface area contributed by atoms with Crippen molar-refractivity contribution in [1.29, 1.82) is 0 Å². The number of alkyl halides is 3. The van der Waals surface area contributed by atoms with Crippen LogP contribution in [0.5, 0.6) is 11.5 Å². The Labute approximate surface area is 201 Å². The molecule has 4 aromatic rings. The van der Waals surface area contributed by atoms with E-state index >= 15 is 0 Å². The fourth-order valence-electron chi connectivity index (χ4n) is 3.06. The zero-order chi connectivity index (χ0) is 25.9. The van der Waals surface area contributed by atoms with Crippen LogP contribution in [0.2, 0.25) is 0 Å². The molecule has 0 unspecified atom stereocenters. The second kappa shape index (κ2) is 9.74. The maximum Gasteiger partial charge on any atom is 0.573 e. The highest BCUT2D eigenvalue weighted by Gasteiger charge is 2.31. The summed E-state index contributed by atoms with van der Waals surface area (Å²) < 4.78 is 47.4. The molecule has 0 fully saturated rings. The Morgan fingerprint density at radius 1 is 0.972 bits per heavy atom. The first kappa shape index (κ1) is 24.2. The summed E-state index contributed by atoms with van der Waals surface area (Å²) in [6, 6.07) is 16.9. The lowest BCUT2D eigenvalue weighted by Gasteiger charge is -2.17. The number of halogens is 3. The van der Waals surface area contributed by atoms with E-state index in [9.17, 15) is 28.1 Å². The molecule has 184 valence electrons. The zero-order valence-electron chi connectivity index (χ0n) is 18.4. The van der Waals surface area contributed by atoms with Crippen LogP contribution >= 0.6 is 0 Å². The SMILES string of the molecule is CN(C(=O)Oc1ccc([N+](=O)[O-])cc1)c1ccc(-c2ncn(-c3ccc(OC(F)(F)F)cc3)n2)cc1. The number of aromatic nitrogens is 3.